The minimum absolute atomic E-state index is 0.290. The van der Waals surface area contributed by atoms with E-state index in [0.29, 0.717) is 13.2 Å². The molecule has 0 heterocycles. The molecular weight excluding hydrogens is 264 g/mol. The van der Waals surface area contributed by atoms with Gasteiger partial charge in [-0.3, -0.25) is 0 Å². The lowest BCUT2D eigenvalue weighted by Crippen LogP contribution is -2.50. The van der Waals surface area contributed by atoms with Gasteiger partial charge in [0.1, 0.15) is 0 Å². The lowest BCUT2D eigenvalue weighted by atomic mass is 9.96. The van der Waals surface area contributed by atoms with Crippen LogP contribution in [-0.4, -0.2) is 62.0 Å². The molecule has 1 aliphatic carbocycles. The van der Waals surface area contributed by atoms with Crippen LogP contribution in [0.2, 0.25) is 0 Å². The maximum absolute atomic E-state index is 9.95. The summed E-state index contributed by atoms with van der Waals surface area (Å²) in [6.45, 7) is 7.24. The number of aliphatic hydroxyl groups is 1. The molecule has 0 aromatic heterocycles. The predicted molar refractivity (Wildman–Crippen MR) is 88.7 cm³/mol. The Bertz CT molecular complexity index is 264. The highest BCUT2D eigenvalue weighted by Gasteiger charge is 2.35. The fraction of sp³-hybridized carbons (Fsp3) is 1.00. The first-order chi connectivity index (χ1) is 9.96. The van der Waals surface area contributed by atoms with E-state index in [9.17, 15) is 5.11 Å². The van der Waals surface area contributed by atoms with Crippen LogP contribution in [0.25, 0.3) is 0 Å². The fourth-order valence-electron chi connectivity index (χ4n) is 3.16. The van der Waals surface area contributed by atoms with Crippen LogP contribution in [0.15, 0.2) is 0 Å². The van der Waals surface area contributed by atoms with Crippen molar-refractivity contribution in [3.63, 3.8) is 0 Å². The summed E-state index contributed by atoms with van der Waals surface area (Å²) in [6.07, 6.45) is 7.04. The van der Waals surface area contributed by atoms with E-state index in [1.807, 2.05) is 0 Å². The fourth-order valence-corrected chi connectivity index (χ4v) is 3.16. The minimum atomic E-state index is -0.398. The standard InChI is InChI=1S/C17H36N2O2/c1-15(2)8-7-11-21-13-16(20)12-18-14-17(19(3)4)9-5-6-10-17/h15-16,18,20H,5-14H2,1-4H3. The number of likely N-dealkylation sites (N-methyl/N-ethyl adjacent to an activating group) is 1. The molecule has 0 aliphatic heterocycles. The third kappa shape index (κ3) is 7.09. The third-order valence-electron chi connectivity index (χ3n) is 4.70. The Kier molecular flexibility index (Phi) is 8.79. The van der Waals surface area contributed by atoms with Crippen molar-refractivity contribution in [2.75, 3.05) is 40.4 Å². The highest BCUT2D eigenvalue weighted by molar-refractivity contribution is 4.94. The quantitative estimate of drug-likeness (QED) is 0.575. The van der Waals surface area contributed by atoms with Crippen molar-refractivity contribution in [1.29, 1.82) is 0 Å². The zero-order valence-electron chi connectivity index (χ0n) is 14.5. The van der Waals surface area contributed by atoms with E-state index in [-0.39, 0.29) is 5.54 Å². The van der Waals surface area contributed by atoms with Crippen LogP contribution in [0.1, 0.15) is 52.4 Å². The molecule has 0 spiro atoms. The highest BCUT2D eigenvalue weighted by atomic mass is 16.5. The number of nitrogens with zero attached hydrogens (tertiary/aromatic N) is 1. The van der Waals surface area contributed by atoms with Crippen LogP contribution in [0.3, 0.4) is 0 Å². The van der Waals surface area contributed by atoms with E-state index in [2.05, 4.69) is 38.2 Å². The largest absolute Gasteiger partial charge is 0.389 e. The number of nitrogens with one attached hydrogen (secondary N) is 1. The predicted octanol–water partition coefficient (Wildman–Crippen LogP) is 2.26. The molecule has 4 nitrogen and oxygen atoms in total. The number of rotatable bonds is 11. The van der Waals surface area contributed by atoms with E-state index in [1.165, 1.54) is 32.1 Å². The van der Waals surface area contributed by atoms with Gasteiger partial charge in [-0.2, -0.15) is 0 Å². The van der Waals surface area contributed by atoms with Crippen LogP contribution >= 0.6 is 0 Å². The van der Waals surface area contributed by atoms with Gasteiger partial charge >= 0.3 is 0 Å². The minimum Gasteiger partial charge on any atom is -0.389 e. The zero-order valence-corrected chi connectivity index (χ0v) is 14.5. The van der Waals surface area contributed by atoms with Gasteiger partial charge in [0.2, 0.25) is 0 Å². The topological polar surface area (TPSA) is 44.7 Å². The Morgan fingerprint density at radius 3 is 2.48 bits per heavy atom. The van der Waals surface area contributed by atoms with E-state index in [0.717, 1.165) is 25.5 Å². The van der Waals surface area contributed by atoms with Gasteiger partial charge < -0.3 is 20.1 Å². The molecule has 0 bridgehead atoms. The van der Waals surface area contributed by atoms with E-state index < -0.39 is 6.10 Å². The second-order valence-electron chi connectivity index (χ2n) is 7.22. The van der Waals surface area contributed by atoms with Crippen LogP contribution in [-0.2, 0) is 4.74 Å². The van der Waals surface area contributed by atoms with E-state index in [4.69, 9.17) is 4.74 Å². The molecule has 1 saturated carbocycles. The molecule has 126 valence electrons. The van der Waals surface area contributed by atoms with Crippen molar-refractivity contribution in [1.82, 2.24) is 10.2 Å². The summed E-state index contributed by atoms with van der Waals surface area (Å²) in [4.78, 5) is 2.35. The highest BCUT2D eigenvalue weighted by Crippen LogP contribution is 2.32. The Hall–Kier alpha value is -0.160. The van der Waals surface area contributed by atoms with Crippen molar-refractivity contribution in [3.8, 4) is 0 Å². The van der Waals surface area contributed by atoms with E-state index >= 15 is 0 Å². The monoisotopic (exact) mass is 300 g/mol. The average molecular weight is 300 g/mol. The number of ether oxygens (including phenoxy) is 1. The molecule has 0 aromatic carbocycles. The van der Waals surface area contributed by atoms with Gasteiger partial charge in [0, 0.05) is 25.2 Å². The maximum atomic E-state index is 9.95. The van der Waals surface area contributed by atoms with Gasteiger partial charge in [0.25, 0.3) is 0 Å². The van der Waals surface area contributed by atoms with Gasteiger partial charge in [0.15, 0.2) is 0 Å². The molecule has 0 aromatic rings. The average Bonchev–Trinajstić information content (AvgIpc) is 2.88. The summed E-state index contributed by atoms with van der Waals surface area (Å²) >= 11 is 0. The molecule has 0 saturated heterocycles. The second kappa shape index (κ2) is 9.78. The van der Waals surface area contributed by atoms with E-state index in [1.54, 1.807) is 0 Å². The number of hydrogen-bond donors (Lipinski definition) is 2. The summed E-state index contributed by atoms with van der Waals surface area (Å²) < 4.78 is 5.54. The van der Waals surface area contributed by atoms with Crippen molar-refractivity contribution < 1.29 is 9.84 Å². The summed E-state index contributed by atoms with van der Waals surface area (Å²) in [7, 11) is 4.34. The number of aliphatic hydroxyl groups excluding tert-OH is 1. The van der Waals surface area contributed by atoms with Gasteiger partial charge in [-0.25, -0.2) is 0 Å². The summed E-state index contributed by atoms with van der Waals surface area (Å²) in [6, 6.07) is 0. The third-order valence-corrected chi connectivity index (χ3v) is 4.70. The molecule has 1 unspecified atom stereocenters. The normalized spacial score (nSPS) is 19.6. The van der Waals surface area contributed by atoms with Crippen LogP contribution in [0.4, 0.5) is 0 Å². The van der Waals surface area contributed by atoms with Gasteiger partial charge in [0.05, 0.1) is 12.7 Å². The van der Waals surface area contributed by atoms with Crippen molar-refractivity contribution in [2.45, 2.75) is 64.0 Å². The maximum Gasteiger partial charge on any atom is 0.0897 e. The zero-order chi connectivity index (χ0) is 15.7. The second-order valence-corrected chi connectivity index (χ2v) is 7.22. The van der Waals surface area contributed by atoms with Crippen LogP contribution in [0, 0.1) is 5.92 Å². The lowest BCUT2D eigenvalue weighted by molar-refractivity contribution is 0.0324. The molecule has 0 radical (unpaired) electrons. The van der Waals surface area contributed by atoms with Crippen molar-refractivity contribution in [3.05, 3.63) is 0 Å². The summed E-state index contributed by atoms with van der Waals surface area (Å²) in [5.74, 6) is 0.730. The Labute approximate surface area is 131 Å². The first kappa shape index (κ1) is 18.9. The Balaban J connectivity index is 2.08. The van der Waals surface area contributed by atoms with Gasteiger partial charge in [-0.05, 0) is 45.7 Å². The van der Waals surface area contributed by atoms with Crippen molar-refractivity contribution in [2.24, 2.45) is 5.92 Å². The molecule has 1 aliphatic rings. The number of hydrogen-bond acceptors (Lipinski definition) is 4. The molecule has 4 heteroatoms. The van der Waals surface area contributed by atoms with Gasteiger partial charge in [-0.15, -0.1) is 0 Å². The van der Waals surface area contributed by atoms with Crippen molar-refractivity contribution >= 4 is 0 Å². The first-order valence-electron chi connectivity index (χ1n) is 8.60. The molecule has 1 fully saturated rings. The molecular formula is C17H36N2O2. The van der Waals surface area contributed by atoms with Gasteiger partial charge in [-0.1, -0.05) is 26.7 Å². The smallest absolute Gasteiger partial charge is 0.0897 e. The Morgan fingerprint density at radius 1 is 1.24 bits per heavy atom. The lowest BCUT2D eigenvalue weighted by Gasteiger charge is -2.37. The molecule has 2 N–H and O–H groups in total. The van der Waals surface area contributed by atoms with Crippen LogP contribution in [0.5, 0.6) is 0 Å². The molecule has 1 rings (SSSR count). The summed E-state index contributed by atoms with van der Waals surface area (Å²) in [5, 5.41) is 13.4. The Morgan fingerprint density at radius 2 is 1.90 bits per heavy atom. The molecule has 0 amide bonds. The SMILES string of the molecule is CC(C)CCCOCC(O)CNCC1(N(C)C)CCCC1. The molecule has 21 heavy (non-hydrogen) atoms. The first-order valence-corrected chi connectivity index (χ1v) is 8.60. The summed E-state index contributed by atoms with van der Waals surface area (Å²) in [5.41, 5.74) is 0.290. The van der Waals surface area contributed by atoms with Crippen LogP contribution < -0.4 is 5.32 Å². The molecule has 1 atom stereocenters.